The third-order valence-corrected chi connectivity index (χ3v) is 14.7. The molecular weight excluding hydrogens is 811 g/mol. The minimum atomic E-state index is -1.03. The molecule has 62 heavy (non-hydrogen) atoms. The summed E-state index contributed by atoms with van der Waals surface area (Å²) in [5.74, 6) is -2.20. The first-order valence-corrected chi connectivity index (χ1v) is 21.8. The normalized spacial score (nSPS) is 25.3. The van der Waals surface area contributed by atoms with Crippen molar-refractivity contribution in [2.75, 3.05) is 30.8 Å². The number of benzene rings is 1. The van der Waals surface area contributed by atoms with Gasteiger partial charge in [-0.3, -0.25) is 39.2 Å². The maximum atomic E-state index is 13.5. The van der Waals surface area contributed by atoms with Crippen LogP contribution >= 0.6 is 11.3 Å². The SMILES string of the molecule is CNc1cc(-c2ccc3cc(C#N)cnn23)ncc1-c1nnc(C23CCC(NC(=O)C4CC(OCCNc5cccc6c5C(=O)N(C5CCC(=O)NC5=O)C6=O)C4)(CC2)CC3)s1. The third kappa shape index (κ3) is 6.75. The molecule has 316 valence electrons. The van der Waals surface area contributed by atoms with Gasteiger partial charge in [0.1, 0.15) is 17.1 Å². The summed E-state index contributed by atoms with van der Waals surface area (Å²) in [6, 6.07) is 13.7. The van der Waals surface area contributed by atoms with E-state index in [-0.39, 0.29) is 52.9 Å². The molecule has 6 heterocycles. The van der Waals surface area contributed by atoms with Gasteiger partial charge in [0.15, 0.2) is 5.01 Å². The number of amides is 5. The summed E-state index contributed by atoms with van der Waals surface area (Å²) >= 11 is 1.62. The topological polar surface area (TPSA) is 226 Å². The highest BCUT2D eigenvalue weighted by Gasteiger charge is 2.53. The van der Waals surface area contributed by atoms with Gasteiger partial charge >= 0.3 is 0 Å². The number of hydrogen-bond donors (Lipinski definition) is 4. The second kappa shape index (κ2) is 15.4. The number of carbonyl (C=O) groups is 5. The van der Waals surface area contributed by atoms with E-state index in [4.69, 9.17) is 14.8 Å². The number of nitriles is 1. The highest BCUT2D eigenvalue weighted by Crippen LogP contribution is 2.55. The number of hydrogen-bond acceptors (Lipinski definition) is 14. The fraction of sp³-hybridized carbons (Fsp3) is 0.409. The number of anilines is 2. The predicted octanol–water partition coefficient (Wildman–Crippen LogP) is 4.60. The van der Waals surface area contributed by atoms with Crippen LogP contribution in [0, 0.1) is 17.2 Å². The highest BCUT2D eigenvalue weighted by atomic mass is 32.1. The number of imide groups is 2. The minimum Gasteiger partial charge on any atom is -0.387 e. The van der Waals surface area contributed by atoms with Crippen molar-refractivity contribution in [3.63, 3.8) is 0 Å². The van der Waals surface area contributed by atoms with Gasteiger partial charge < -0.3 is 20.7 Å². The van der Waals surface area contributed by atoms with Crippen LogP contribution in [0.1, 0.15) is 95.5 Å². The van der Waals surface area contributed by atoms with Crippen LogP contribution in [0.2, 0.25) is 0 Å². The molecule has 17 nitrogen and oxygen atoms in total. The molecule has 1 unspecified atom stereocenters. The summed E-state index contributed by atoms with van der Waals surface area (Å²) in [6.07, 6.45) is 10.2. The Morgan fingerprint density at radius 3 is 2.55 bits per heavy atom. The van der Waals surface area contributed by atoms with E-state index in [0.717, 1.165) is 81.6 Å². The maximum absolute atomic E-state index is 13.5. The second-order valence-corrected chi connectivity index (χ2v) is 18.0. The van der Waals surface area contributed by atoms with E-state index in [1.54, 1.807) is 46.3 Å². The van der Waals surface area contributed by atoms with E-state index in [1.807, 2.05) is 31.4 Å². The summed E-state index contributed by atoms with van der Waals surface area (Å²) in [6.45, 7) is 0.717. The van der Waals surface area contributed by atoms with Gasteiger partial charge in [0.25, 0.3) is 11.8 Å². The largest absolute Gasteiger partial charge is 0.387 e. The summed E-state index contributed by atoms with van der Waals surface area (Å²) < 4.78 is 7.85. The highest BCUT2D eigenvalue weighted by molar-refractivity contribution is 7.14. The first-order chi connectivity index (χ1) is 30.1. The fourth-order valence-corrected chi connectivity index (χ4v) is 11.0. The number of carbonyl (C=O) groups excluding carboxylic acids is 5. The van der Waals surface area contributed by atoms with Crippen LogP contribution in [0.5, 0.6) is 0 Å². The van der Waals surface area contributed by atoms with Crippen LogP contribution < -0.4 is 21.3 Å². The number of pyridine rings is 1. The first kappa shape index (κ1) is 39.5. The molecule has 11 rings (SSSR count). The minimum absolute atomic E-state index is 0.0471. The van der Waals surface area contributed by atoms with E-state index < -0.39 is 29.7 Å². The molecule has 2 aliphatic heterocycles. The zero-order valence-electron chi connectivity index (χ0n) is 33.9. The van der Waals surface area contributed by atoms with Crippen LogP contribution in [0.25, 0.3) is 27.5 Å². The van der Waals surface area contributed by atoms with E-state index in [2.05, 4.69) is 37.5 Å². The molecule has 4 aromatic heterocycles. The molecule has 4 saturated carbocycles. The van der Waals surface area contributed by atoms with Gasteiger partial charge in [-0.1, -0.05) is 17.4 Å². The Hall–Kier alpha value is -6.58. The van der Waals surface area contributed by atoms with Gasteiger partial charge in [0.2, 0.25) is 17.7 Å². The van der Waals surface area contributed by atoms with E-state index in [9.17, 15) is 29.2 Å². The Morgan fingerprint density at radius 2 is 1.79 bits per heavy atom. The van der Waals surface area contributed by atoms with Crippen molar-refractivity contribution in [2.24, 2.45) is 5.92 Å². The average molecular weight is 854 g/mol. The lowest BCUT2D eigenvalue weighted by Gasteiger charge is -2.53. The fourth-order valence-electron chi connectivity index (χ4n) is 9.82. The van der Waals surface area contributed by atoms with Crippen molar-refractivity contribution in [1.82, 2.24) is 40.3 Å². The number of ether oxygens (including phenoxy) is 1. The molecule has 5 aromatic rings. The number of rotatable bonds is 12. The zero-order valence-corrected chi connectivity index (χ0v) is 34.7. The smallest absolute Gasteiger partial charge is 0.264 e. The zero-order chi connectivity index (χ0) is 42.8. The summed E-state index contributed by atoms with van der Waals surface area (Å²) in [5, 5.41) is 37.1. The lowest BCUT2D eigenvalue weighted by atomic mass is 9.57. The van der Waals surface area contributed by atoms with Crippen molar-refractivity contribution >= 4 is 57.8 Å². The van der Waals surface area contributed by atoms with E-state index in [1.165, 1.54) is 0 Å². The number of nitrogens with one attached hydrogen (secondary N) is 4. The van der Waals surface area contributed by atoms with Gasteiger partial charge in [-0.15, -0.1) is 10.2 Å². The Morgan fingerprint density at radius 1 is 0.984 bits per heavy atom. The van der Waals surface area contributed by atoms with Gasteiger partial charge in [-0.25, -0.2) is 4.52 Å². The second-order valence-electron chi connectivity index (χ2n) is 17.0. The molecule has 6 aliphatic rings. The lowest BCUT2D eigenvalue weighted by molar-refractivity contribution is -0.138. The molecule has 0 radical (unpaired) electrons. The quantitative estimate of drug-likeness (QED) is 0.0996. The number of nitrogens with zero attached hydrogens (tertiary/aromatic N) is 7. The van der Waals surface area contributed by atoms with Crippen molar-refractivity contribution in [3.8, 4) is 28.0 Å². The molecule has 18 heteroatoms. The van der Waals surface area contributed by atoms with E-state index in [0.29, 0.717) is 37.2 Å². The number of aromatic nitrogens is 5. The predicted molar refractivity (Wildman–Crippen MR) is 226 cm³/mol. The van der Waals surface area contributed by atoms with Gasteiger partial charge in [-0.2, -0.15) is 10.4 Å². The number of fused-ring (bicyclic) bond motifs is 5. The number of piperidine rings is 1. The molecule has 1 aromatic carbocycles. The average Bonchev–Trinajstić information content (AvgIpc) is 4.00. The molecule has 4 N–H and O–H groups in total. The standard InChI is InChI=1S/C44H43N11O6S/c1-46-31-20-32(33-6-5-26-17-24(21-45)22-49-55(26)33)48-23-29(31)39-52-53-42(62-39)43-9-12-44(13-10-43,14-11-43)51-37(57)25-18-27(19-25)61-16-15-47-30-4-2-3-28-36(30)41(60)54(40(28)59)34-7-8-35(56)50-38(34)58/h2-6,17,20,22-23,25,27,34,47H,7-16,18-19H2,1H3,(H,46,48)(H,51,57)(H,50,56,58). The monoisotopic (exact) mass is 853 g/mol. The molecule has 5 fully saturated rings. The van der Waals surface area contributed by atoms with Gasteiger partial charge in [0.05, 0.1) is 58.1 Å². The van der Waals surface area contributed by atoms with Crippen LogP contribution in [-0.2, 0) is 24.5 Å². The van der Waals surface area contributed by atoms with Gasteiger partial charge in [0, 0.05) is 54.5 Å². The first-order valence-electron chi connectivity index (χ1n) is 21.0. The molecule has 1 atom stereocenters. The Labute approximate surface area is 359 Å². The summed E-state index contributed by atoms with van der Waals surface area (Å²) in [4.78, 5) is 69.9. The van der Waals surface area contributed by atoms with Crippen molar-refractivity contribution in [3.05, 3.63) is 76.6 Å². The Balaban J connectivity index is 0.699. The maximum Gasteiger partial charge on any atom is 0.264 e. The van der Waals surface area contributed by atoms with Gasteiger partial charge in [-0.05, 0) is 94.2 Å². The van der Waals surface area contributed by atoms with E-state index >= 15 is 0 Å². The molecule has 0 spiro atoms. The lowest BCUT2D eigenvalue weighted by Crippen LogP contribution is -2.59. The van der Waals surface area contributed by atoms with Crippen LogP contribution in [-0.4, -0.2) is 97.1 Å². The molecule has 1 saturated heterocycles. The van der Waals surface area contributed by atoms with Crippen molar-refractivity contribution < 1.29 is 28.7 Å². The molecular formula is C44H43N11O6S. The van der Waals surface area contributed by atoms with Crippen molar-refractivity contribution in [1.29, 1.82) is 5.26 Å². The Bertz CT molecular complexity index is 2710. The third-order valence-electron chi connectivity index (χ3n) is 13.5. The molecule has 2 bridgehead atoms. The van der Waals surface area contributed by atoms with Crippen LogP contribution in [0.4, 0.5) is 11.4 Å². The van der Waals surface area contributed by atoms with Crippen LogP contribution in [0.3, 0.4) is 0 Å². The summed E-state index contributed by atoms with van der Waals surface area (Å²) in [7, 11) is 1.87. The van der Waals surface area contributed by atoms with Crippen LogP contribution in [0.15, 0.2) is 54.9 Å². The molecule has 4 aliphatic carbocycles. The molecule has 5 amide bonds. The Kier molecular flexibility index (Phi) is 9.82. The summed E-state index contributed by atoms with van der Waals surface area (Å²) in [5.41, 5.74) is 5.25. The van der Waals surface area contributed by atoms with Crippen molar-refractivity contribution in [2.45, 2.75) is 87.3 Å².